The Bertz CT molecular complexity index is 738. The van der Waals surface area contributed by atoms with Gasteiger partial charge in [0.1, 0.15) is 18.0 Å². The molecule has 0 aliphatic heterocycles. The normalized spacial score (nSPS) is 9.90. The molecular formula is C15H11FN2O3. The van der Waals surface area contributed by atoms with Crippen LogP contribution in [0.2, 0.25) is 0 Å². The number of aromatic carboxylic acids is 1. The van der Waals surface area contributed by atoms with Crippen LogP contribution in [-0.4, -0.2) is 11.1 Å². The number of rotatable bonds is 4. The van der Waals surface area contributed by atoms with Gasteiger partial charge in [0.15, 0.2) is 5.75 Å². The molecule has 21 heavy (non-hydrogen) atoms. The van der Waals surface area contributed by atoms with E-state index in [9.17, 15) is 9.18 Å². The summed E-state index contributed by atoms with van der Waals surface area (Å²) in [5.41, 5.74) is 6.36. The number of carboxylic acid groups (broad SMARTS) is 1. The van der Waals surface area contributed by atoms with Crippen LogP contribution in [0.25, 0.3) is 0 Å². The molecule has 0 aliphatic carbocycles. The van der Waals surface area contributed by atoms with Crippen molar-refractivity contribution in [1.29, 1.82) is 5.26 Å². The molecule has 0 saturated heterocycles. The zero-order chi connectivity index (χ0) is 15.4. The lowest BCUT2D eigenvalue weighted by molar-refractivity contribution is 0.0692. The molecule has 0 bridgehead atoms. The van der Waals surface area contributed by atoms with Crippen molar-refractivity contribution < 1.29 is 19.0 Å². The summed E-state index contributed by atoms with van der Waals surface area (Å²) >= 11 is 0. The number of nitrogen functional groups attached to an aromatic ring is 1. The van der Waals surface area contributed by atoms with Crippen molar-refractivity contribution in [2.45, 2.75) is 6.61 Å². The molecule has 0 atom stereocenters. The fourth-order valence-electron chi connectivity index (χ4n) is 1.84. The summed E-state index contributed by atoms with van der Waals surface area (Å²) in [5, 5.41) is 17.9. The molecule has 0 heterocycles. The molecule has 0 spiro atoms. The van der Waals surface area contributed by atoms with Gasteiger partial charge in [-0.2, -0.15) is 5.26 Å². The van der Waals surface area contributed by atoms with E-state index in [1.54, 1.807) is 0 Å². The molecule has 5 nitrogen and oxygen atoms in total. The van der Waals surface area contributed by atoms with Gasteiger partial charge in [-0.15, -0.1) is 0 Å². The predicted octanol–water partition coefficient (Wildman–Crippen LogP) is 2.56. The SMILES string of the molecule is N#Cc1cc(F)cc(COc2c(N)cccc2C(=O)O)c1. The lowest BCUT2D eigenvalue weighted by atomic mass is 10.1. The number of nitrogens with two attached hydrogens (primary N) is 1. The van der Waals surface area contributed by atoms with Crippen LogP contribution in [-0.2, 0) is 6.61 Å². The van der Waals surface area contributed by atoms with Crippen molar-refractivity contribution in [1.82, 2.24) is 0 Å². The van der Waals surface area contributed by atoms with Crippen LogP contribution < -0.4 is 10.5 Å². The molecule has 0 unspecified atom stereocenters. The molecule has 2 aromatic carbocycles. The van der Waals surface area contributed by atoms with Crippen molar-refractivity contribution in [3.05, 3.63) is 58.9 Å². The van der Waals surface area contributed by atoms with Gasteiger partial charge in [-0.1, -0.05) is 6.07 Å². The second-order valence-corrected chi connectivity index (χ2v) is 4.28. The molecule has 2 aromatic rings. The smallest absolute Gasteiger partial charge is 0.339 e. The van der Waals surface area contributed by atoms with Crippen LogP contribution in [0.15, 0.2) is 36.4 Å². The number of nitriles is 1. The number of carbonyl (C=O) groups is 1. The van der Waals surface area contributed by atoms with Crippen LogP contribution in [0.5, 0.6) is 5.75 Å². The maximum atomic E-state index is 13.3. The average molecular weight is 286 g/mol. The Labute approximate surface area is 120 Å². The summed E-state index contributed by atoms with van der Waals surface area (Å²) in [6, 6.07) is 9.97. The first-order chi connectivity index (χ1) is 10.0. The summed E-state index contributed by atoms with van der Waals surface area (Å²) in [7, 11) is 0. The van der Waals surface area contributed by atoms with E-state index in [1.165, 1.54) is 30.3 Å². The quantitative estimate of drug-likeness (QED) is 0.842. The topological polar surface area (TPSA) is 96.3 Å². The largest absolute Gasteiger partial charge is 0.486 e. The van der Waals surface area contributed by atoms with Crippen molar-refractivity contribution >= 4 is 11.7 Å². The van der Waals surface area contributed by atoms with E-state index in [1.807, 2.05) is 6.07 Å². The molecule has 0 amide bonds. The van der Waals surface area contributed by atoms with Gasteiger partial charge in [-0.05, 0) is 35.9 Å². The maximum Gasteiger partial charge on any atom is 0.339 e. The number of hydrogen-bond donors (Lipinski definition) is 2. The van der Waals surface area contributed by atoms with Gasteiger partial charge >= 0.3 is 5.97 Å². The molecule has 0 saturated carbocycles. The molecule has 0 aliphatic rings. The van der Waals surface area contributed by atoms with Gasteiger partial charge in [-0.25, -0.2) is 9.18 Å². The third kappa shape index (κ3) is 3.28. The van der Waals surface area contributed by atoms with Gasteiger partial charge in [0.25, 0.3) is 0 Å². The Hall–Kier alpha value is -3.07. The van der Waals surface area contributed by atoms with E-state index >= 15 is 0 Å². The number of benzene rings is 2. The standard InChI is InChI=1S/C15H11FN2O3/c16-11-5-9(7-17)4-10(6-11)8-21-14-12(15(19)20)2-1-3-13(14)18/h1-6H,8,18H2,(H,19,20). The van der Waals surface area contributed by atoms with E-state index in [0.717, 1.165) is 6.07 Å². The minimum Gasteiger partial charge on any atom is -0.486 e. The molecule has 0 fully saturated rings. The van der Waals surface area contributed by atoms with Crippen molar-refractivity contribution in [2.75, 3.05) is 5.73 Å². The minimum absolute atomic E-state index is 0.0211. The highest BCUT2D eigenvalue weighted by atomic mass is 19.1. The molecular weight excluding hydrogens is 275 g/mol. The first kappa shape index (κ1) is 14.3. The molecule has 0 radical (unpaired) electrons. The van der Waals surface area contributed by atoms with Crippen molar-refractivity contribution in [3.63, 3.8) is 0 Å². The van der Waals surface area contributed by atoms with Gasteiger partial charge < -0.3 is 15.6 Å². The Morgan fingerprint density at radius 2 is 2.14 bits per heavy atom. The second kappa shape index (κ2) is 5.92. The predicted molar refractivity (Wildman–Crippen MR) is 73.3 cm³/mol. The first-order valence-corrected chi connectivity index (χ1v) is 5.95. The third-order valence-corrected chi connectivity index (χ3v) is 2.75. The van der Waals surface area contributed by atoms with Gasteiger partial charge in [0.05, 0.1) is 17.3 Å². The second-order valence-electron chi connectivity index (χ2n) is 4.28. The van der Waals surface area contributed by atoms with E-state index in [0.29, 0.717) is 5.56 Å². The number of carboxylic acids is 1. The minimum atomic E-state index is -1.17. The zero-order valence-electron chi connectivity index (χ0n) is 10.8. The number of para-hydroxylation sites is 1. The Balaban J connectivity index is 2.27. The monoisotopic (exact) mass is 286 g/mol. The number of anilines is 1. The van der Waals surface area contributed by atoms with Crippen LogP contribution in [0.1, 0.15) is 21.5 Å². The third-order valence-electron chi connectivity index (χ3n) is 2.75. The number of halogens is 1. The fraction of sp³-hybridized carbons (Fsp3) is 0.0667. The van der Waals surface area contributed by atoms with Crippen LogP contribution in [0, 0.1) is 17.1 Å². The summed E-state index contributed by atoms with van der Waals surface area (Å²) in [6.45, 7) is -0.0963. The van der Waals surface area contributed by atoms with Gasteiger partial charge in [0, 0.05) is 0 Å². The zero-order valence-corrected chi connectivity index (χ0v) is 10.8. The molecule has 2 rings (SSSR count). The van der Waals surface area contributed by atoms with Gasteiger partial charge in [-0.3, -0.25) is 0 Å². The number of ether oxygens (including phenoxy) is 1. The van der Waals surface area contributed by atoms with Crippen LogP contribution >= 0.6 is 0 Å². The Kier molecular flexibility index (Phi) is 4.05. The highest BCUT2D eigenvalue weighted by Crippen LogP contribution is 2.27. The van der Waals surface area contributed by atoms with Crippen LogP contribution in [0.4, 0.5) is 10.1 Å². The summed E-state index contributed by atoms with van der Waals surface area (Å²) in [4.78, 5) is 11.1. The highest BCUT2D eigenvalue weighted by molar-refractivity contribution is 5.93. The molecule has 106 valence electrons. The Morgan fingerprint density at radius 1 is 1.38 bits per heavy atom. The number of nitrogens with zero attached hydrogens (tertiary/aromatic N) is 1. The molecule has 6 heteroatoms. The summed E-state index contributed by atoms with van der Waals surface area (Å²) < 4.78 is 18.7. The lowest BCUT2D eigenvalue weighted by Crippen LogP contribution is -2.06. The number of hydrogen-bond acceptors (Lipinski definition) is 4. The summed E-state index contributed by atoms with van der Waals surface area (Å²) in [5.74, 6) is -1.71. The van der Waals surface area contributed by atoms with Gasteiger partial charge in [0.2, 0.25) is 0 Å². The lowest BCUT2D eigenvalue weighted by Gasteiger charge is -2.12. The van der Waals surface area contributed by atoms with E-state index in [2.05, 4.69) is 0 Å². The average Bonchev–Trinajstić information content (AvgIpc) is 2.45. The maximum absolute atomic E-state index is 13.3. The molecule has 3 N–H and O–H groups in total. The molecule has 0 aromatic heterocycles. The summed E-state index contributed by atoms with van der Waals surface area (Å²) in [6.07, 6.45) is 0. The van der Waals surface area contributed by atoms with E-state index in [-0.39, 0.29) is 29.2 Å². The highest BCUT2D eigenvalue weighted by Gasteiger charge is 2.14. The van der Waals surface area contributed by atoms with Crippen molar-refractivity contribution in [3.8, 4) is 11.8 Å². The Morgan fingerprint density at radius 3 is 2.81 bits per heavy atom. The first-order valence-electron chi connectivity index (χ1n) is 5.95. The van der Waals surface area contributed by atoms with E-state index in [4.69, 9.17) is 20.8 Å². The van der Waals surface area contributed by atoms with Crippen molar-refractivity contribution in [2.24, 2.45) is 0 Å². The van der Waals surface area contributed by atoms with Crippen LogP contribution in [0.3, 0.4) is 0 Å². The van der Waals surface area contributed by atoms with E-state index < -0.39 is 11.8 Å². The fourth-order valence-corrected chi connectivity index (χ4v) is 1.84.